The lowest BCUT2D eigenvalue weighted by Gasteiger charge is -2.21. The summed E-state index contributed by atoms with van der Waals surface area (Å²) in [4.78, 5) is 0. The van der Waals surface area contributed by atoms with Gasteiger partial charge in [0.05, 0.1) is 0 Å². The average molecular weight is 268 g/mol. The molecular formula is C18H24N2. The second-order valence-electron chi connectivity index (χ2n) is 5.94. The number of benzene rings is 1. The van der Waals surface area contributed by atoms with E-state index in [2.05, 4.69) is 48.7 Å². The maximum Gasteiger partial charge on any atom is 0.0455 e. The Labute approximate surface area is 121 Å². The van der Waals surface area contributed by atoms with Crippen molar-refractivity contribution in [1.82, 2.24) is 4.57 Å². The molecule has 1 aliphatic carbocycles. The molecule has 2 aromatic rings. The molecule has 1 aromatic carbocycles. The monoisotopic (exact) mass is 268 g/mol. The number of nitrogens with two attached hydrogens (primary N) is 1. The van der Waals surface area contributed by atoms with Gasteiger partial charge in [0, 0.05) is 23.1 Å². The zero-order valence-corrected chi connectivity index (χ0v) is 12.5. The molecule has 3 rings (SSSR count). The third kappa shape index (κ3) is 2.29. The van der Waals surface area contributed by atoms with Crippen molar-refractivity contribution in [3.05, 3.63) is 52.8 Å². The minimum absolute atomic E-state index is 0.220. The van der Waals surface area contributed by atoms with Gasteiger partial charge in [-0.05, 0) is 61.9 Å². The summed E-state index contributed by atoms with van der Waals surface area (Å²) in [6.07, 6.45) is 5.82. The summed E-state index contributed by atoms with van der Waals surface area (Å²) in [6, 6.07) is 11.5. The molecule has 20 heavy (non-hydrogen) atoms. The van der Waals surface area contributed by atoms with Crippen molar-refractivity contribution in [2.45, 2.75) is 52.0 Å². The lowest BCUT2D eigenvalue weighted by molar-refractivity contribution is 0.560. The van der Waals surface area contributed by atoms with Gasteiger partial charge in [0.15, 0.2) is 0 Å². The van der Waals surface area contributed by atoms with Crippen molar-refractivity contribution in [3.8, 4) is 5.69 Å². The Morgan fingerprint density at radius 3 is 2.70 bits per heavy atom. The first kappa shape index (κ1) is 13.4. The summed E-state index contributed by atoms with van der Waals surface area (Å²) in [5.74, 6) is 0. The van der Waals surface area contributed by atoms with Crippen LogP contribution in [0.1, 0.15) is 54.7 Å². The molecule has 1 unspecified atom stereocenters. The van der Waals surface area contributed by atoms with Crippen LogP contribution in [-0.2, 0) is 12.8 Å². The van der Waals surface area contributed by atoms with Crippen molar-refractivity contribution in [3.63, 3.8) is 0 Å². The van der Waals surface area contributed by atoms with Gasteiger partial charge in [-0.2, -0.15) is 0 Å². The van der Waals surface area contributed by atoms with E-state index < -0.39 is 0 Å². The number of aromatic nitrogens is 1. The fourth-order valence-corrected chi connectivity index (χ4v) is 3.40. The second-order valence-corrected chi connectivity index (χ2v) is 5.94. The van der Waals surface area contributed by atoms with Gasteiger partial charge in [-0.15, -0.1) is 0 Å². The van der Waals surface area contributed by atoms with Crippen LogP contribution in [0.15, 0.2) is 30.3 Å². The third-order valence-electron chi connectivity index (χ3n) is 4.38. The van der Waals surface area contributed by atoms with E-state index in [9.17, 15) is 0 Å². The highest BCUT2D eigenvalue weighted by Gasteiger charge is 2.22. The normalized spacial score (nSPS) is 18.1. The van der Waals surface area contributed by atoms with Gasteiger partial charge in [-0.1, -0.05) is 25.5 Å². The lowest BCUT2D eigenvalue weighted by Crippen LogP contribution is -2.17. The summed E-state index contributed by atoms with van der Waals surface area (Å²) in [7, 11) is 0. The van der Waals surface area contributed by atoms with Gasteiger partial charge < -0.3 is 10.3 Å². The molecule has 0 fully saturated rings. The van der Waals surface area contributed by atoms with Crippen LogP contribution in [0.2, 0.25) is 0 Å². The summed E-state index contributed by atoms with van der Waals surface area (Å²) in [6.45, 7) is 4.41. The predicted octanol–water partition coefficient (Wildman–Crippen LogP) is 4.07. The third-order valence-corrected chi connectivity index (χ3v) is 4.38. The Morgan fingerprint density at radius 1 is 1.25 bits per heavy atom. The van der Waals surface area contributed by atoms with Gasteiger partial charge in [-0.3, -0.25) is 0 Å². The first-order chi connectivity index (χ1) is 9.70. The topological polar surface area (TPSA) is 30.9 Å². The minimum atomic E-state index is 0.220. The van der Waals surface area contributed by atoms with Crippen LogP contribution in [0.3, 0.4) is 0 Å². The summed E-state index contributed by atoms with van der Waals surface area (Å²) >= 11 is 0. The molecule has 0 spiro atoms. The van der Waals surface area contributed by atoms with Gasteiger partial charge >= 0.3 is 0 Å². The van der Waals surface area contributed by atoms with Crippen LogP contribution in [0.25, 0.3) is 5.69 Å². The molecule has 106 valence electrons. The average Bonchev–Trinajstić information content (AvgIpc) is 2.78. The molecule has 2 nitrogen and oxygen atoms in total. The van der Waals surface area contributed by atoms with E-state index in [1.165, 1.54) is 41.0 Å². The zero-order valence-electron chi connectivity index (χ0n) is 12.5. The number of fused-ring (bicyclic) bond motifs is 1. The fraction of sp³-hybridized carbons (Fsp3) is 0.444. The molecular weight excluding hydrogens is 244 g/mol. The van der Waals surface area contributed by atoms with Crippen molar-refractivity contribution < 1.29 is 0 Å². The molecule has 0 saturated heterocycles. The van der Waals surface area contributed by atoms with Crippen LogP contribution in [0, 0.1) is 6.92 Å². The molecule has 0 aliphatic heterocycles. The van der Waals surface area contributed by atoms with E-state index in [1.54, 1.807) is 0 Å². The van der Waals surface area contributed by atoms with Crippen molar-refractivity contribution in [1.29, 1.82) is 0 Å². The molecule has 1 heterocycles. The molecule has 2 heteroatoms. The Hall–Kier alpha value is -1.54. The summed E-state index contributed by atoms with van der Waals surface area (Å²) < 4.78 is 2.39. The van der Waals surface area contributed by atoms with E-state index in [-0.39, 0.29) is 6.04 Å². The highest BCUT2D eigenvalue weighted by atomic mass is 15.0. The largest absolute Gasteiger partial charge is 0.324 e. The Morgan fingerprint density at radius 2 is 2.00 bits per heavy atom. The smallest absolute Gasteiger partial charge is 0.0455 e. The molecule has 1 atom stereocenters. The van der Waals surface area contributed by atoms with Gasteiger partial charge in [0.2, 0.25) is 0 Å². The molecule has 2 N–H and O–H groups in total. The maximum atomic E-state index is 6.26. The van der Waals surface area contributed by atoms with Crippen LogP contribution < -0.4 is 5.73 Å². The van der Waals surface area contributed by atoms with Gasteiger partial charge in [-0.25, -0.2) is 0 Å². The molecule has 1 aromatic heterocycles. The minimum Gasteiger partial charge on any atom is -0.324 e. The van der Waals surface area contributed by atoms with Crippen LogP contribution in [0.5, 0.6) is 0 Å². The zero-order chi connectivity index (χ0) is 14.1. The van der Waals surface area contributed by atoms with E-state index in [0.29, 0.717) is 0 Å². The predicted molar refractivity (Wildman–Crippen MR) is 84.4 cm³/mol. The lowest BCUT2D eigenvalue weighted by atomic mass is 9.93. The van der Waals surface area contributed by atoms with Crippen LogP contribution in [-0.4, -0.2) is 4.57 Å². The highest BCUT2D eigenvalue weighted by Crippen LogP contribution is 2.32. The number of hydrogen-bond acceptors (Lipinski definition) is 1. The maximum absolute atomic E-state index is 6.26. The number of aryl methyl sites for hydroxylation is 2. The van der Waals surface area contributed by atoms with Crippen molar-refractivity contribution >= 4 is 0 Å². The quantitative estimate of drug-likeness (QED) is 0.893. The molecule has 0 bridgehead atoms. The highest BCUT2D eigenvalue weighted by molar-refractivity contribution is 5.44. The molecule has 0 amide bonds. The van der Waals surface area contributed by atoms with E-state index >= 15 is 0 Å². The van der Waals surface area contributed by atoms with E-state index in [1.807, 2.05) is 0 Å². The Balaban J connectivity index is 2.01. The molecule has 0 radical (unpaired) electrons. The number of hydrogen-bond donors (Lipinski definition) is 1. The summed E-state index contributed by atoms with van der Waals surface area (Å²) in [5.41, 5.74) is 13.0. The number of rotatable bonds is 3. The van der Waals surface area contributed by atoms with E-state index in [4.69, 9.17) is 5.73 Å². The molecule has 0 saturated carbocycles. The fourth-order valence-electron chi connectivity index (χ4n) is 3.40. The second kappa shape index (κ2) is 5.45. The Bertz CT molecular complexity index is 593. The van der Waals surface area contributed by atoms with Crippen LogP contribution in [0.4, 0.5) is 0 Å². The van der Waals surface area contributed by atoms with Crippen molar-refractivity contribution in [2.75, 3.05) is 0 Å². The first-order valence-corrected chi connectivity index (χ1v) is 7.76. The molecule has 1 aliphatic rings. The van der Waals surface area contributed by atoms with Gasteiger partial charge in [0.25, 0.3) is 0 Å². The summed E-state index contributed by atoms with van der Waals surface area (Å²) in [5, 5.41) is 0. The Kier molecular flexibility index (Phi) is 3.66. The van der Waals surface area contributed by atoms with Crippen LogP contribution >= 0.6 is 0 Å². The standard InChI is InChI=1S/C18H24N2/c1-3-5-14-8-10-15(11-9-14)20-13(2)12-16-17(19)6-4-7-18(16)20/h8-12,17H,3-7,19H2,1-2H3. The SMILES string of the molecule is CCCc1ccc(-n2c(C)cc3c2CCCC3N)cc1. The first-order valence-electron chi connectivity index (χ1n) is 7.76. The van der Waals surface area contributed by atoms with E-state index in [0.717, 1.165) is 19.3 Å². The number of nitrogens with zero attached hydrogens (tertiary/aromatic N) is 1. The van der Waals surface area contributed by atoms with Crippen molar-refractivity contribution in [2.24, 2.45) is 5.73 Å². The van der Waals surface area contributed by atoms with Gasteiger partial charge in [0.1, 0.15) is 0 Å².